The molecule has 0 aromatic heterocycles. The maximum Gasteiger partial charge on any atom is 0.251 e. The van der Waals surface area contributed by atoms with Crippen molar-refractivity contribution in [3.8, 4) is 5.75 Å². The molecule has 1 aliphatic heterocycles. The van der Waals surface area contributed by atoms with E-state index < -0.39 is 15.9 Å². The van der Waals surface area contributed by atoms with Crippen LogP contribution in [0.2, 0.25) is 0 Å². The molecule has 0 radical (unpaired) electrons. The second-order valence-electron chi connectivity index (χ2n) is 13.0. The Morgan fingerprint density at radius 2 is 1.78 bits per heavy atom. The lowest BCUT2D eigenvalue weighted by molar-refractivity contribution is -0.133. The molecule has 2 amide bonds. The van der Waals surface area contributed by atoms with Gasteiger partial charge in [-0.25, -0.2) is 8.42 Å². The van der Waals surface area contributed by atoms with Gasteiger partial charge in [0.15, 0.2) is 9.84 Å². The fourth-order valence-electron chi connectivity index (χ4n) is 6.29. The number of aromatic hydroxyl groups is 1. The van der Waals surface area contributed by atoms with E-state index in [9.17, 15) is 23.1 Å². The SMILES string of the molecule is CC(C)N(C)[C@@H]1CC[C@H](N2CC[C@H](NC(=O)c3ccc(O)c(C(C)(C)C)c3)C2=O)[C@@H](CS(=O)(=O)c2ccccc2)C1. The number of hydrogen-bond donors (Lipinski definition) is 2. The van der Waals surface area contributed by atoms with E-state index in [1.165, 1.54) is 6.07 Å². The standard InChI is InChI=1S/C32H45N3O5S/c1-21(2)34(6)24-13-14-28(23(18-24)20-41(39,40)25-10-8-7-9-11-25)35-17-16-27(31(35)38)33-30(37)22-12-15-29(36)26(19-22)32(3,4)5/h7-12,15,19,21,23-24,27-28,36H,13-14,16-18,20H2,1-6H3,(H,33,37)/t23-,24-,27+,28+/m1/s1. The zero-order valence-electron chi connectivity index (χ0n) is 25.1. The van der Waals surface area contributed by atoms with Crippen LogP contribution in [0, 0.1) is 5.92 Å². The molecule has 1 saturated carbocycles. The first-order valence-corrected chi connectivity index (χ1v) is 16.3. The summed E-state index contributed by atoms with van der Waals surface area (Å²) in [7, 11) is -1.46. The third kappa shape index (κ3) is 6.95. The van der Waals surface area contributed by atoms with E-state index in [1.807, 2.05) is 25.7 Å². The minimum Gasteiger partial charge on any atom is -0.508 e. The predicted molar refractivity (Wildman–Crippen MR) is 161 cm³/mol. The van der Waals surface area contributed by atoms with Gasteiger partial charge in [0.25, 0.3) is 5.91 Å². The smallest absolute Gasteiger partial charge is 0.251 e. The van der Waals surface area contributed by atoms with Crippen molar-refractivity contribution in [1.82, 2.24) is 15.1 Å². The summed E-state index contributed by atoms with van der Waals surface area (Å²) >= 11 is 0. The van der Waals surface area contributed by atoms with Crippen molar-refractivity contribution < 1.29 is 23.1 Å². The number of hydrogen-bond acceptors (Lipinski definition) is 6. The maximum absolute atomic E-state index is 13.7. The van der Waals surface area contributed by atoms with Gasteiger partial charge in [0, 0.05) is 35.8 Å². The Bertz CT molecular complexity index is 1350. The fourth-order valence-corrected chi connectivity index (χ4v) is 7.98. The van der Waals surface area contributed by atoms with Gasteiger partial charge in [0.2, 0.25) is 5.91 Å². The Hall–Kier alpha value is -2.91. The first kappa shape index (κ1) is 31.0. The molecule has 9 heteroatoms. The van der Waals surface area contributed by atoms with Crippen LogP contribution < -0.4 is 5.32 Å². The van der Waals surface area contributed by atoms with Crippen LogP contribution in [0.1, 0.15) is 76.2 Å². The number of phenolic OH excluding ortho intramolecular Hbond substituents is 1. The largest absolute Gasteiger partial charge is 0.508 e. The molecule has 4 rings (SSSR count). The highest BCUT2D eigenvalue weighted by atomic mass is 32.2. The number of rotatable bonds is 8. The van der Waals surface area contributed by atoms with Gasteiger partial charge in [0.05, 0.1) is 10.6 Å². The molecular weight excluding hydrogens is 538 g/mol. The molecule has 8 nitrogen and oxygen atoms in total. The summed E-state index contributed by atoms with van der Waals surface area (Å²) < 4.78 is 26.9. The lowest BCUT2D eigenvalue weighted by atomic mass is 9.81. The molecule has 1 heterocycles. The van der Waals surface area contributed by atoms with Gasteiger partial charge < -0.3 is 20.2 Å². The van der Waals surface area contributed by atoms with Gasteiger partial charge in [-0.3, -0.25) is 9.59 Å². The van der Waals surface area contributed by atoms with Crippen molar-refractivity contribution in [2.24, 2.45) is 5.92 Å². The summed E-state index contributed by atoms with van der Waals surface area (Å²) in [4.78, 5) is 31.3. The maximum atomic E-state index is 13.7. The number of nitrogens with zero attached hydrogens (tertiary/aromatic N) is 2. The second-order valence-corrected chi connectivity index (χ2v) is 15.0. The predicted octanol–water partition coefficient (Wildman–Crippen LogP) is 4.37. The van der Waals surface area contributed by atoms with E-state index in [-0.39, 0.29) is 46.7 Å². The molecule has 2 aromatic carbocycles. The molecule has 0 bridgehead atoms. The summed E-state index contributed by atoms with van der Waals surface area (Å²) in [6.45, 7) is 10.6. The highest BCUT2D eigenvalue weighted by molar-refractivity contribution is 7.91. The van der Waals surface area contributed by atoms with Crippen molar-refractivity contribution in [2.75, 3.05) is 19.3 Å². The number of carbonyl (C=O) groups excluding carboxylic acids is 2. The van der Waals surface area contributed by atoms with Crippen LogP contribution in [-0.2, 0) is 20.0 Å². The Morgan fingerprint density at radius 1 is 1.10 bits per heavy atom. The van der Waals surface area contributed by atoms with Crippen LogP contribution in [0.5, 0.6) is 5.75 Å². The molecule has 2 aliphatic rings. The third-order valence-corrected chi connectivity index (χ3v) is 10.7. The lowest BCUT2D eigenvalue weighted by Crippen LogP contribution is -2.53. The summed E-state index contributed by atoms with van der Waals surface area (Å²) in [6, 6.07) is 13.0. The average Bonchev–Trinajstić information content (AvgIpc) is 3.27. The topological polar surface area (TPSA) is 107 Å². The zero-order chi connectivity index (χ0) is 30.1. The minimum absolute atomic E-state index is 0.0198. The van der Waals surface area contributed by atoms with Crippen LogP contribution in [0.25, 0.3) is 0 Å². The monoisotopic (exact) mass is 583 g/mol. The molecule has 2 N–H and O–H groups in total. The number of phenols is 1. The molecule has 4 atom stereocenters. The van der Waals surface area contributed by atoms with E-state index in [2.05, 4.69) is 31.1 Å². The van der Waals surface area contributed by atoms with Crippen molar-refractivity contribution in [1.29, 1.82) is 0 Å². The molecule has 1 saturated heterocycles. The molecule has 224 valence electrons. The first-order chi connectivity index (χ1) is 19.2. The summed E-state index contributed by atoms with van der Waals surface area (Å²) in [5.74, 6) is -0.622. The Kier molecular flexibility index (Phi) is 9.19. The lowest BCUT2D eigenvalue weighted by Gasteiger charge is -2.44. The summed E-state index contributed by atoms with van der Waals surface area (Å²) in [5, 5.41) is 13.2. The van der Waals surface area contributed by atoms with E-state index in [0.717, 1.165) is 12.8 Å². The van der Waals surface area contributed by atoms with Gasteiger partial charge in [0.1, 0.15) is 11.8 Å². The van der Waals surface area contributed by atoms with Crippen LogP contribution in [0.15, 0.2) is 53.4 Å². The number of amides is 2. The second kappa shape index (κ2) is 12.1. The number of carbonyl (C=O) groups is 2. The van der Waals surface area contributed by atoms with Crippen molar-refractivity contribution in [2.45, 2.75) is 94.8 Å². The highest BCUT2D eigenvalue weighted by Crippen LogP contribution is 2.36. The van der Waals surface area contributed by atoms with Crippen molar-refractivity contribution in [3.05, 3.63) is 59.7 Å². The van der Waals surface area contributed by atoms with Gasteiger partial charge >= 0.3 is 0 Å². The highest BCUT2D eigenvalue weighted by Gasteiger charge is 2.44. The van der Waals surface area contributed by atoms with Crippen molar-refractivity contribution in [3.63, 3.8) is 0 Å². The summed E-state index contributed by atoms with van der Waals surface area (Å²) in [6.07, 6.45) is 2.76. The van der Waals surface area contributed by atoms with Gasteiger partial charge in [-0.15, -0.1) is 0 Å². The number of nitrogens with one attached hydrogen (secondary N) is 1. The van der Waals surface area contributed by atoms with Crippen LogP contribution >= 0.6 is 0 Å². The molecule has 1 aliphatic carbocycles. The number of likely N-dealkylation sites (tertiary alicyclic amines) is 1. The fraction of sp³-hybridized carbons (Fsp3) is 0.562. The van der Waals surface area contributed by atoms with Crippen molar-refractivity contribution >= 4 is 21.7 Å². The zero-order valence-corrected chi connectivity index (χ0v) is 25.9. The first-order valence-electron chi connectivity index (χ1n) is 14.6. The Labute approximate surface area is 245 Å². The molecule has 2 fully saturated rings. The van der Waals surface area contributed by atoms with Gasteiger partial charge in [-0.2, -0.15) is 0 Å². The Balaban J connectivity index is 1.52. The molecule has 0 spiro atoms. The molecule has 0 unspecified atom stereocenters. The van der Waals surface area contributed by atoms with E-state index in [0.29, 0.717) is 41.5 Å². The molecule has 2 aromatic rings. The average molecular weight is 584 g/mol. The number of benzene rings is 2. The van der Waals surface area contributed by atoms with Crippen LogP contribution in [-0.4, -0.2) is 78.7 Å². The van der Waals surface area contributed by atoms with E-state index >= 15 is 0 Å². The van der Waals surface area contributed by atoms with Gasteiger partial charge in [-0.1, -0.05) is 39.0 Å². The summed E-state index contributed by atoms with van der Waals surface area (Å²) in [5.41, 5.74) is 0.705. The van der Waals surface area contributed by atoms with Crippen LogP contribution in [0.4, 0.5) is 0 Å². The minimum atomic E-state index is -3.54. The van der Waals surface area contributed by atoms with Crippen LogP contribution in [0.3, 0.4) is 0 Å². The van der Waals surface area contributed by atoms with E-state index in [4.69, 9.17) is 0 Å². The normalized spacial score (nSPS) is 23.8. The molecule has 41 heavy (non-hydrogen) atoms. The molecular formula is C32H45N3O5S. The van der Waals surface area contributed by atoms with E-state index in [1.54, 1.807) is 42.5 Å². The quantitative estimate of drug-likeness (QED) is 0.478. The Morgan fingerprint density at radius 3 is 2.41 bits per heavy atom. The van der Waals surface area contributed by atoms with Gasteiger partial charge in [-0.05, 0) is 88.2 Å². The number of sulfone groups is 1. The third-order valence-electron chi connectivity index (χ3n) is 8.85.